The third-order valence-electron chi connectivity index (χ3n) is 3.96. The summed E-state index contributed by atoms with van der Waals surface area (Å²) in [6, 6.07) is 3.55. The van der Waals surface area contributed by atoms with Crippen LogP contribution in [0.4, 0.5) is 23.2 Å². The zero-order chi connectivity index (χ0) is 19.8. The number of hydrogen-bond donors (Lipinski definition) is 2. The average molecular weight is 375 g/mol. The molecule has 0 aromatic heterocycles. The quantitative estimate of drug-likeness (QED) is 0.794. The number of ether oxygens (including phenoxy) is 1. The van der Waals surface area contributed by atoms with Crippen molar-refractivity contribution in [2.24, 2.45) is 10.7 Å². The van der Waals surface area contributed by atoms with Gasteiger partial charge in [-0.25, -0.2) is 4.39 Å². The van der Waals surface area contributed by atoms with Gasteiger partial charge in [0.25, 0.3) is 0 Å². The largest absolute Gasteiger partial charge is 0.397 e. The second kappa shape index (κ2) is 6.86. The van der Waals surface area contributed by atoms with Gasteiger partial charge in [-0.2, -0.15) is 13.2 Å². The van der Waals surface area contributed by atoms with Crippen molar-refractivity contribution in [3.05, 3.63) is 29.6 Å². The molecular formula is C17H21F4N3O2. The fraction of sp³-hybridized carbons (Fsp3) is 0.529. The topological polar surface area (TPSA) is 76.7 Å². The van der Waals surface area contributed by atoms with E-state index in [4.69, 9.17) is 10.5 Å². The third kappa shape index (κ3) is 5.17. The molecule has 9 heteroatoms. The van der Waals surface area contributed by atoms with E-state index in [1.54, 1.807) is 6.92 Å². The number of nitrogens with one attached hydrogen (secondary N) is 1. The number of amides is 1. The van der Waals surface area contributed by atoms with Crippen LogP contribution in [-0.4, -0.2) is 30.1 Å². The Kier molecular flexibility index (Phi) is 5.32. The van der Waals surface area contributed by atoms with E-state index in [1.165, 1.54) is 12.1 Å². The molecule has 0 fully saturated rings. The second-order valence-electron chi connectivity index (χ2n) is 7.14. The SMILES string of the molecule is CC1(C)C[C@@](C)(c2cc(NC(=O)CC(F)(F)F)ccc2F)N=C(N)CO1. The number of nitrogens with two attached hydrogens (primary N) is 1. The summed E-state index contributed by atoms with van der Waals surface area (Å²) in [4.78, 5) is 15.8. The van der Waals surface area contributed by atoms with E-state index in [1.807, 2.05) is 13.8 Å². The van der Waals surface area contributed by atoms with Crippen LogP contribution in [-0.2, 0) is 15.1 Å². The predicted molar refractivity (Wildman–Crippen MR) is 89.3 cm³/mol. The van der Waals surface area contributed by atoms with Gasteiger partial charge in [0, 0.05) is 17.7 Å². The van der Waals surface area contributed by atoms with Crippen molar-refractivity contribution in [2.45, 2.75) is 50.9 Å². The second-order valence-corrected chi connectivity index (χ2v) is 7.14. The first-order valence-corrected chi connectivity index (χ1v) is 7.94. The summed E-state index contributed by atoms with van der Waals surface area (Å²) in [5.41, 5.74) is 4.23. The zero-order valence-electron chi connectivity index (χ0n) is 14.7. The number of rotatable bonds is 3. The molecule has 1 aliphatic rings. The van der Waals surface area contributed by atoms with E-state index < -0.39 is 35.5 Å². The fourth-order valence-corrected chi connectivity index (χ4v) is 3.10. The van der Waals surface area contributed by atoms with Gasteiger partial charge in [-0.15, -0.1) is 0 Å². The first kappa shape index (κ1) is 20.2. The maximum Gasteiger partial charge on any atom is 0.397 e. The normalized spacial score (nSPS) is 23.1. The smallest absolute Gasteiger partial charge is 0.386 e. The van der Waals surface area contributed by atoms with Crippen LogP contribution in [0.3, 0.4) is 0 Å². The fourth-order valence-electron chi connectivity index (χ4n) is 3.10. The van der Waals surface area contributed by atoms with Gasteiger partial charge in [-0.05, 0) is 39.0 Å². The van der Waals surface area contributed by atoms with Crippen LogP contribution >= 0.6 is 0 Å². The molecule has 1 aromatic carbocycles. The molecule has 0 radical (unpaired) electrons. The summed E-state index contributed by atoms with van der Waals surface area (Å²) in [6.07, 6.45) is -5.96. The van der Waals surface area contributed by atoms with Crippen molar-refractivity contribution < 1.29 is 27.1 Å². The number of benzene rings is 1. The summed E-state index contributed by atoms with van der Waals surface area (Å²) in [5, 5.41) is 2.13. The molecular weight excluding hydrogens is 354 g/mol. The molecule has 2 rings (SSSR count). The summed E-state index contributed by atoms with van der Waals surface area (Å²) < 4.78 is 57.0. The molecule has 1 aromatic rings. The van der Waals surface area contributed by atoms with Gasteiger partial charge >= 0.3 is 6.18 Å². The lowest BCUT2D eigenvalue weighted by Gasteiger charge is -2.33. The summed E-state index contributed by atoms with van der Waals surface area (Å²) in [7, 11) is 0. The van der Waals surface area contributed by atoms with Crippen molar-refractivity contribution in [3.8, 4) is 0 Å². The van der Waals surface area contributed by atoms with Gasteiger partial charge in [-0.1, -0.05) is 0 Å². The van der Waals surface area contributed by atoms with E-state index in [0.29, 0.717) is 0 Å². The maximum atomic E-state index is 14.5. The third-order valence-corrected chi connectivity index (χ3v) is 3.96. The van der Waals surface area contributed by atoms with Crippen molar-refractivity contribution in [3.63, 3.8) is 0 Å². The van der Waals surface area contributed by atoms with Crippen LogP contribution < -0.4 is 11.1 Å². The van der Waals surface area contributed by atoms with Crippen molar-refractivity contribution in [1.82, 2.24) is 0 Å². The predicted octanol–water partition coefficient (Wildman–Crippen LogP) is 3.49. The van der Waals surface area contributed by atoms with Crippen LogP contribution in [0.25, 0.3) is 0 Å². The standard InChI is InChI=1S/C17H21F4N3O2/c1-15(2)9-16(3,24-13(22)8-26-15)11-6-10(4-5-12(11)18)23-14(25)7-17(19,20)21/h4-6H,7-9H2,1-3H3,(H2,22,24)(H,23,25)/t16-/m0/s1. The maximum absolute atomic E-state index is 14.5. The van der Waals surface area contributed by atoms with E-state index in [-0.39, 0.29) is 30.1 Å². The van der Waals surface area contributed by atoms with Crippen LogP contribution in [0.2, 0.25) is 0 Å². The number of carbonyl (C=O) groups excluding carboxylic acids is 1. The minimum Gasteiger partial charge on any atom is -0.386 e. The van der Waals surface area contributed by atoms with Crippen LogP contribution in [0, 0.1) is 5.82 Å². The lowest BCUT2D eigenvalue weighted by molar-refractivity contribution is -0.150. The molecule has 1 heterocycles. The number of nitrogens with zero attached hydrogens (tertiary/aromatic N) is 1. The number of anilines is 1. The number of halogens is 4. The van der Waals surface area contributed by atoms with Crippen molar-refractivity contribution in [2.75, 3.05) is 11.9 Å². The van der Waals surface area contributed by atoms with Crippen LogP contribution in [0.5, 0.6) is 0 Å². The minimum absolute atomic E-state index is 0.0496. The monoisotopic (exact) mass is 375 g/mol. The van der Waals surface area contributed by atoms with Gasteiger partial charge in [-0.3, -0.25) is 9.79 Å². The first-order chi connectivity index (χ1) is 11.8. The Balaban J connectivity index is 2.36. The van der Waals surface area contributed by atoms with Gasteiger partial charge in [0.1, 0.15) is 24.7 Å². The molecule has 3 N–H and O–H groups in total. The van der Waals surface area contributed by atoms with Gasteiger partial charge in [0.2, 0.25) is 5.91 Å². The Morgan fingerprint density at radius 2 is 2.00 bits per heavy atom. The summed E-state index contributed by atoms with van der Waals surface area (Å²) in [5.74, 6) is -1.65. The van der Waals surface area contributed by atoms with E-state index >= 15 is 0 Å². The molecule has 144 valence electrons. The van der Waals surface area contributed by atoms with Gasteiger partial charge in [0.15, 0.2) is 0 Å². The molecule has 1 atom stereocenters. The molecule has 0 saturated carbocycles. The number of amidine groups is 1. The van der Waals surface area contributed by atoms with Crippen LogP contribution in [0.1, 0.15) is 39.2 Å². The highest BCUT2D eigenvalue weighted by atomic mass is 19.4. The molecule has 5 nitrogen and oxygen atoms in total. The Morgan fingerprint density at radius 1 is 1.35 bits per heavy atom. The van der Waals surface area contributed by atoms with Crippen molar-refractivity contribution in [1.29, 1.82) is 0 Å². The lowest BCUT2D eigenvalue weighted by Crippen LogP contribution is -2.33. The Bertz CT molecular complexity index is 731. The summed E-state index contributed by atoms with van der Waals surface area (Å²) >= 11 is 0. The number of hydrogen-bond acceptors (Lipinski definition) is 4. The molecule has 0 bridgehead atoms. The molecule has 1 aliphatic heterocycles. The number of aliphatic imine (C=N–C) groups is 1. The highest BCUT2D eigenvalue weighted by Crippen LogP contribution is 2.39. The Morgan fingerprint density at radius 3 is 2.62 bits per heavy atom. The molecule has 1 amide bonds. The van der Waals surface area contributed by atoms with Gasteiger partial charge < -0.3 is 15.8 Å². The minimum atomic E-state index is -4.62. The Hall–Kier alpha value is -2.16. The molecule has 26 heavy (non-hydrogen) atoms. The molecule has 0 aliphatic carbocycles. The van der Waals surface area contributed by atoms with E-state index in [0.717, 1.165) is 6.07 Å². The first-order valence-electron chi connectivity index (χ1n) is 7.94. The van der Waals surface area contributed by atoms with Crippen molar-refractivity contribution >= 4 is 17.4 Å². The molecule has 0 saturated heterocycles. The molecule has 0 unspecified atom stereocenters. The number of alkyl halides is 3. The zero-order valence-corrected chi connectivity index (χ0v) is 14.7. The number of carbonyl (C=O) groups is 1. The molecule has 0 spiro atoms. The van der Waals surface area contributed by atoms with Crippen LogP contribution in [0.15, 0.2) is 23.2 Å². The van der Waals surface area contributed by atoms with E-state index in [9.17, 15) is 22.4 Å². The summed E-state index contributed by atoms with van der Waals surface area (Å²) in [6.45, 7) is 5.38. The van der Waals surface area contributed by atoms with Gasteiger partial charge in [0.05, 0.1) is 11.1 Å². The highest BCUT2D eigenvalue weighted by Gasteiger charge is 2.39. The van der Waals surface area contributed by atoms with E-state index in [2.05, 4.69) is 10.3 Å². The Labute approximate surface area is 148 Å². The highest BCUT2D eigenvalue weighted by molar-refractivity contribution is 5.91. The average Bonchev–Trinajstić information content (AvgIpc) is 2.54. The lowest BCUT2D eigenvalue weighted by atomic mass is 9.82.